The second kappa shape index (κ2) is 9.98. The molecule has 0 saturated heterocycles. The van der Waals surface area contributed by atoms with Crippen LogP contribution in [0.2, 0.25) is 13.1 Å². The van der Waals surface area contributed by atoms with Gasteiger partial charge in [-0.3, -0.25) is 0 Å². The number of anilines is 1. The minimum absolute atomic E-state index is 0. The van der Waals surface area contributed by atoms with E-state index < -0.39 is 24.0 Å². The van der Waals surface area contributed by atoms with Crippen LogP contribution in [0.3, 0.4) is 0 Å². The Bertz CT molecular complexity index is 689. The number of benzene rings is 1. The summed E-state index contributed by atoms with van der Waals surface area (Å²) in [6.45, 7) is 20.7. The molecule has 0 saturated carbocycles. The molecule has 0 amide bonds. The van der Waals surface area contributed by atoms with Crippen molar-refractivity contribution in [1.82, 2.24) is 0 Å². The number of allylic oxidation sites excluding steroid dienone is 4. The molecule has 0 radical (unpaired) electrons. The average molecular weight is 447 g/mol. The number of hydrogen-bond acceptors (Lipinski definition) is 1. The third-order valence-electron chi connectivity index (χ3n) is 5.51. The van der Waals surface area contributed by atoms with Gasteiger partial charge in [0.1, 0.15) is 0 Å². The minimum Gasteiger partial charge on any atom is -1.00 e. The van der Waals surface area contributed by atoms with Crippen molar-refractivity contribution in [2.75, 3.05) is 3.80 Å². The summed E-state index contributed by atoms with van der Waals surface area (Å²) in [5.41, 5.74) is 7.75. The van der Waals surface area contributed by atoms with E-state index >= 15 is 0 Å². The number of nitrogens with one attached hydrogen (secondary N) is 1. The van der Waals surface area contributed by atoms with E-state index in [2.05, 4.69) is 89.6 Å². The maximum absolute atomic E-state index is 4.14. The molecule has 1 aliphatic carbocycles. The van der Waals surface area contributed by atoms with Crippen molar-refractivity contribution in [1.29, 1.82) is 0 Å². The molecule has 0 aromatic heterocycles. The van der Waals surface area contributed by atoms with Crippen molar-refractivity contribution >= 4 is 12.4 Å². The van der Waals surface area contributed by atoms with Crippen LogP contribution in [-0.2, 0) is 22.8 Å². The topological polar surface area (TPSA) is 12.0 Å². The van der Waals surface area contributed by atoms with Crippen LogP contribution in [0.4, 0.5) is 5.69 Å². The van der Waals surface area contributed by atoms with Crippen molar-refractivity contribution in [2.24, 2.45) is 5.92 Å². The number of halogens is 2. The SMILES string of the molecule is CC1=C(C)C(C)[C]([Ti+2]([NH]c2ccccc2C(C)(C)C)[SiH](C)C)=C1C.[Cl-].[Cl-]. The molecule has 0 heterocycles. The Hall–Kier alpha value is 0.0112. The summed E-state index contributed by atoms with van der Waals surface area (Å²) in [7, 11) is 0. The summed E-state index contributed by atoms with van der Waals surface area (Å²) in [4.78, 5) is 0. The zero-order valence-corrected chi connectivity index (χ0v) is 21.9. The molecule has 1 unspecified atom stereocenters. The largest absolute Gasteiger partial charge is 1.00 e. The van der Waals surface area contributed by atoms with Crippen molar-refractivity contribution in [3.05, 3.63) is 50.4 Å². The fraction of sp³-hybridized carbons (Fsp3) is 0.524. The van der Waals surface area contributed by atoms with E-state index in [4.69, 9.17) is 0 Å². The summed E-state index contributed by atoms with van der Waals surface area (Å²) < 4.78 is 5.94. The quantitative estimate of drug-likeness (QED) is 0.650. The van der Waals surface area contributed by atoms with Gasteiger partial charge in [0.15, 0.2) is 0 Å². The normalized spacial score (nSPS) is 17.2. The summed E-state index contributed by atoms with van der Waals surface area (Å²) in [5, 5.41) is 0. The third kappa shape index (κ3) is 5.29. The molecule has 0 spiro atoms. The smallest absolute Gasteiger partial charge is 1.00 e. The van der Waals surface area contributed by atoms with E-state index in [9.17, 15) is 0 Å². The Labute approximate surface area is 180 Å². The van der Waals surface area contributed by atoms with E-state index in [1.54, 1.807) is 20.6 Å². The molecule has 1 atom stereocenters. The number of para-hydroxylation sites is 1. The Morgan fingerprint density at radius 2 is 1.50 bits per heavy atom. The molecule has 145 valence electrons. The molecule has 1 aliphatic rings. The van der Waals surface area contributed by atoms with Crippen LogP contribution in [0.1, 0.15) is 54.0 Å². The standard InChI is InChI=1S/C10H14N.C9H13.C2H7Si.2ClH.Ti/c1-10(2,3)8-6-4-5-7-9(8)11;1-6-5-7(2)9(4)8(6)3;1-3-2;;;/h4-7,11H,1-3H3;6H,1-4H3;3H,1-2H3;2*1H;/q-1;;;;;+3/p-2. The first kappa shape index (κ1) is 26.0. The maximum Gasteiger partial charge on any atom is -1.00 e. The maximum atomic E-state index is 4.14. The molecule has 2 rings (SSSR count). The van der Waals surface area contributed by atoms with Gasteiger partial charge >= 0.3 is 157 Å². The van der Waals surface area contributed by atoms with Crippen molar-refractivity contribution in [3.8, 4) is 0 Å². The second-order valence-corrected chi connectivity index (χ2v) is 21.2. The fourth-order valence-electron chi connectivity index (χ4n) is 3.71. The molecule has 0 fully saturated rings. The minimum atomic E-state index is -1.48. The number of hydrogen-bond donors (Lipinski definition) is 1. The molecule has 1 N–H and O–H groups in total. The van der Waals surface area contributed by atoms with Crippen LogP contribution < -0.4 is 28.6 Å². The van der Waals surface area contributed by atoms with Gasteiger partial charge in [-0.25, -0.2) is 0 Å². The molecule has 26 heavy (non-hydrogen) atoms. The van der Waals surface area contributed by atoms with Crippen LogP contribution in [0.25, 0.3) is 0 Å². The Kier molecular flexibility index (Phi) is 9.98. The van der Waals surface area contributed by atoms with E-state index in [0.717, 1.165) is 0 Å². The van der Waals surface area contributed by atoms with E-state index in [0.29, 0.717) is 5.92 Å². The van der Waals surface area contributed by atoms with Gasteiger partial charge in [-0.15, -0.1) is 0 Å². The predicted molar refractivity (Wildman–Crippen MR) is 108 cm³/mol. The first-order valence-corrected chi connectivity index (χ1v) is 16.3. The summed E-state index contributed by atoms with van der Waals surface area (Å²) >= 11 is -1.48. The predicted octanol–water partition coefficient (Wildman–Crippen LogP) is 0.181. The van der Waals surface area contributed by atoms with E-state index in [-0.39, 0.29) is 30.2 Å². The third-order valence-corrected chi connectivity index (χ3v) is 17.0. The Morgan fingerprint density at radius 3 is 1.92 bits per heavy atom. The van der Waals surface area contributed by atoms with Gasteiger partial charge < -0.3 is 24.8 Å². The summed E-state index contributed by atoms with van der Waals surface area (Å²) in [6, 6.07) is 8.96. The van der Waals surface area contributed by atoms with Gasteiger partial charge in [-0.1, -0.05) is 0 Å². The summed E-state index contributed by atoms with van der Waals surface area (Å²) in [5.74, 6) is 0.643. The van der Waals surface area contributed by atoms with Crippen LogP contribution in [-0.4, -0.2) is 6.66 Å². The second-order valence-electron chi connectivity index (χ2n) is 8.56. The van der Waals surface area contributed by atoms with Crippen molar-refractivity contribution in [3.63, 3.8) is 0 Å². The molecule has 0 aliphatic heterocycles. The van der Waals surface area contributed by atoms with Crippen LogP contribution in [0.5, 0.6) is 0 Å². The fourth-order valence-corrected chi connectivity index (χ4v) is 14.4. The van der Waals surface area contributed by atoms with Gasteiger partial charge in [0.2, 0.25) is 0 Å². The molecule has 0 bridgehead atoms. The number of rotatable bonds is 4. The Morgan fingerprint density at radius 1 is 0.962 bits per heavy atom. The Balaban J connectivity index is 0.00000312. The first-order chi connectivity index (χ1) is 11.1. The van der Waals surface area contributed by atoms with Gasteiger partial charge in [-0.05, 0) is 0 Å². The van der Waals surface area contributed by atoms with Gasteiger partial charge in [-0.2, -0.15) is 0 Å². The zero-order chi connectivity index (χ0) is 18.2. The molecule has 5 heteroatoms. The average Bonchev–Trinajstić information content (AvgIpc) is 2.68. The molecular formula is C21H34Cl2NSiTi. The van der Waals surface area contributed by atoms with Gasteiger partial charge in [0, 0.05) is 0 Å². The van der Waals surface area contributed by atoms with Crippen LogP contribution >= 0.6 is 0 Å². The monoisotopic (exact) mass is 446 g/mol. The van der Waals surface area contributed by atoms with Crippen molar-refractivity contribution < 1.29 is 42.2 Å². The van der Waals surface area contributed by atoms with Crippen molar-refractivity contribution in [2.45, 2.75) is 67.0 Å². The molecular weight excluding hydrogens is 413 g/mol. The van der Waals surface area contributed by atoms with Crippen LogP contribution in [0.15, 0.2) is 44.9 Å². The van der Waals surface area contributed by atoms with Gasteiger partial charge in [0.25, 0.3) is 0 Å². The first-order valence-electron chi connectivity index (χ1n) is 9.18. The van der Waals surface area contributed by atoms with Crippen LogP contribution in [0, 0.1) is 5.92 Å². The van der Waals surface area contributed by atoms with E-state index in [1.165, 1.54) is 11.3 Å². The molecule has 1 aromatic rings. The summed E-state index contributed by atoms with van der Waals surface area (Å²) in [6.07, 6.45) is 0. The molecule has 1 nitrogen and oxygen atoms in total. The molecule has 1 aromatic carbocycles. The van der Waals surface area contributed by atoms with E-state index in [1.807, 2.05) is 0 Å². The zero-order valence-electron chi connectivity index (χ0n) is 17.7. The van der Waals surface area contributed by atoms with Gasteiger partial charge in [0.05, 0.1) is 0 Å².